The normalized spacial score (nSPS) is 15.6. The van der Waals surface area contributed by atoms with Crippen molar-refractivity contribution in [2.75, 3.05) is 44.2 Å². The minimum absolute atomic E-state index is 0.0476. The zero-order valence-corrected chi connectivity index (χ0v) is 21.7. The van der Waals surface area contributed by atoms with Crippen LogP contribution in [0.2, 0.25) is 0 Å². The van der Waals surface area contributed by atoms with Gasteiger partial charge in [0.25, 0.3) is 5.91 Å². The molecule has 2 amide bonds. The molecule has 1 aliphatic rings. The molecule has 7 heteroatoms. The van der Waals surface area contributed by atoms with Crippen molar-refractivity contribution in [2.45, 2.75) is 47.1 Å². The van der Waals surface area contributed by atoms with E-state index in [1.54, 1.807) is 24.5 Å². The zero-order valence-electron chi connectivity index (χ0n) is 21.7. The number of anilines is 1. The Labute approximate surface area is 210 Å². The van der Waals surface area contributed by atoms with Crippen LogP contribution in [0.4, 0.5) is 5.69 Å². The highest BCUT2D eigenvalue weighted by Crippen LogP contribution is 2.25. The quantitative estimate of drug-likeness (QED) is 0.593. The third kappa shape index (κ3) is 8.35. The molecule has 0 unspecified atom stereocenters. The van der Waals surface area contributed by atoms with Gasteiger partial charge in [-0.2, -0.15) is 0 Å². The summed E-state index contributed by atoms with van der Waals surface area (Å²) in [5.41, 5.74) is 1.89. The standard InChI is InChI=1S/C28H40N4O3/c1-22(2)17-27(33)32-14-8-13-30(19-23(3)4)15-16-31(20-24-9-5-6-11-26(24)32)28(34)21-35-25-10-7-12-29-18-25/h5-7,9-12,18,22-23H,8,13-17,19-21H2,1-4H3. The summed E-state index contributed by atoms with van der Waals surface area (Å²) in [6.45, 7) is 12.9. The Morgan fingerprint density at radius 1 is 0.943 bits per heavy atom. The molecule has 0 saturated carbocycles. The topological polar surface area (TPSA) is 66.0 Å². The van der Waals surface area contributed by atoms with Crippen molar-refractivity contribution >= 4 is 17.5 Å². The zero-order chi connectivity index (χ0) is 25.2. The molecule has 35 heavy (non-hydrogen) atoms. The highest BCUT2D eigenvalue weighted by Gasteiger charge is 2.24. The van der Waals surface area contributed by atoms with E-state index >= 15 is 0 Å². The summed E-state index contributed by atoms with van der Waals surface area (Å²) in [5, 5.41) is 0. The lowest BCUT2D eigenvalue weighted by Gasteiger charge is -2.29. The lowest BCUT2D eigenvalue weighted by molar-refractivity contribution is -0.134. The third-order valence-corrected chi connectivity index (χ3v) is 6.04. The second-order valence-corrected chi connectivity index (χ2v) is 10.1. The lowest BCUT2D eigenvalue weighted by atomic mass is 10.1. The molecule has 7 nitrogen and oxygen atoms in total. The van der Waals surface area contributed by atoms with Gasteiger partial charge in [-0.25, -0.2) is 0 Å². The van der Waals surface area contributed by atoms with Gasteiger partial charge in [-0.15, -0.1) is 0 Å². The molecule has 1 aromatic carbocycles. The number of benzene rings is 1. The largest absolute Gasteiger partial charge is 0.482 e. The molecule has 0 N–H and O–H groups in total. The highest BCUT2D eigenvalue weighted by molar-refractivity contribution is 5.94. The minimum Gasteiger partial charge on any atom is -0.482 e. The number of fused-ring (bicyclic) bond motifs is 1. The fraction of sp³-hybridized carbons (Fsp3) is 0.536. The van der Waals surface area contributed by atoms with Crippen LogP contribution in [0.5, 0.6) is 5.75 Å². The average Bonchev–Trinajstić information content (AvgIpc) is 2.85. The van der Waals surface area contributed by atoms with Crippen LogP contribution >= 0.6 is 0 Å². The van der Waals surface area contributed by atoms with Crippen LogP contribution in [0.1, 0.15) is 46.1 Å². The Morgan fingerprint density at radius 2 is 1.74 bits per heavy atom. The first-order valence-corrected chi connectivity index (χ1v) is 12.7. The molecule has 0 saturated heterocycles. The average molecular weight is 481 g/mol. The molecular formula is C28H40N4O3. The van der Waals surface area contributed by atoms with Gasteiger partial charge in [-0.05, 0) is 48.6 Å². The summed E-state index contributed by atoms with van der Waals surface area (Å²) in [4.78, 5) is 36.8. The van der Waals surface area contributed by atoms with E-state index in [-0.39, 0.29) is 24.3 Å². The number of hydrogen-bond donors (Lipinski definition) is 0. The molecule has 1 aliphatic heterocycles. The van der Waals surface area contributed by atoms with Crippen molar-refractivity contribution in [3.8, 4) is 5.75 Å². The fourth-order valence-corrected chi connectivity index (χ4v) is 4.44. The number of para-hydroxylation sites is 1. The van der Waals surface area contributed by atoms with Crippen LogP contribution < -0.4 is 9.64 Å². The van der Waals surface area contributed by atoms with E-state index in [0.29, 0.717) is 37.7 Å². The fourth-order valence-electron chi connectivity index (χ4n) is 4.44. The Balaban J connectivity index is 1.87. The van der Waals surface area contributed by atoms with Crippen molar-refractivity contribution < 1.29 is 14.3 Å². The maximum absolute atomic E-state index is 13.3. The molecule has 0 spiro atoms. The van der Waals surface area contributed by atoms with Crippen molar-refractivity contribution in [2.24, 2.45) is 11.8 Å². The highest BCUT2D eigenvalue weighted by atomic mass is 16.5. The molecule has 0 bridgehead atoms. The van der Waals surface area contributed by atoms with Crippen molar-refractivity contribution in [3.05, 3.63) is 54.4 Å². The van der Waals surface area contributed by atoms with Crippen LogP contribution in [0.3, 0.4) is 0 Å². The Morgan fingerprint density at radius 3 is 2.46 bits per heavy atom. The van der Waals surface area contributed by atoms with Gasteiger partial charge in [0.05, 0.1) is 6.20 Å². The Hall–Kier alpha value is -2.93. The summed E-state index contributed by atoms with van der Waals surface area (Å²) >= 11 is 0. The van der Waals surface area contributed by atoms with E-state index in [1.807, 2.05) is 34.1 Å². The van der Waals surface area contributed by atoms with Crippen LogP contribution in [0, 0.1) is 11.8 Å². The van der Waals surface area contributed by atoms with Gasteiger partial charge in [0.1, 0.15) is 5.75 Å². The predicted octanol–water partition coefficient (Wildman–Crippen LogP) is 4.23. The maximum Gasteiger partial charge on any atom is 0.260 e. The number of hydrogen-bond acceptors (Lipinski definition) is 5. The number of nitrogens with zero attached hydrogens (tertiary/aromatic N) is 4. The van der Waals surface area contributed by atoms with E-state index < -0.39 is 0 Å². The van der Waals surface area contributed by atoms with Crippen molar-refractivity contribution in [3.63, 3.8) is 0 Å². The van der Waals surface area contributed by atoms with E-state index in [4.69, 9.17) is 4.74 Å². The van der Waals surface area contributed by atoms with Crippen LogP contribution in [0.25, 0.3) is 0 Å². The van der Waals surface area contributed by atoms with Gasteiger partial charge >= 0.3 is 0 Å². The molecule has 0 aliphatic carbocycles. The van der Waals surface area contributed by atoms with Crippen LogP contribution in [-0.2, 0) is 16.1 Å². The summed E-state index contributed by atoms with van der Waals surface area (Å²) in [6, 6.07) is 11.6. The first kappa shape index (κ1) is 26.7. The summed E-state index contributed by atoms with van der Waals surface area (Å²) in [5.74, 6) is 1.44. The maximum atomic E-state index is 13.3. The molecular weight excluding hydrogens is 440 g/mol. The van der Waals surface area contributed by atoms with Crippen LogP contribution in [0.15, 0.2) is 48.8 Å². The predicted molar refractivity (Wildman–Crippen MR) is 139 cm³/mol. The third-order valence-electron chi connectivity index (χ3n) is 6.04. The molecule has 0 radical (unpaired) electrons. The number of carbonyl (C=O) groups is 2. The second-order valence-electron chi connectivity index (χ2n) is 10.1. The molecule has 0 atom stereocenters. The Kier molecular flexibility index (Phi) is 10.1. The van der Waals surface area contributed by atoms with E-state index in [0.717, 1.165) is 37.3 Å². The van der Waals surface area contributed by atoms with Gasteiger partial charge in [0.2, 0.25) is 5.91 Å². The molecule has 1 aromatic heterocycles. The van der Waals surface area contributed by atoms with E-state index in [1.165, 1.54) is 0 Å². The summed E-state index contributed by atoms with van der Waals surface area (Å²) in [7, 11) is 0. The lowest BCUT2D eigenvalue weighted by Crippen LogP contribution is -2.41. The molecule has 190 valence electrons. The van der Waals surface area contributed by atoms with Crippen molar-refractivity contribution in [1.82, 2.24) is 14.8 Å². The number of rotatable bonds is 7. The molecule has 0 fully saturated rings. The second kappa shape index (κ2) is 13.2. The first-order chi connectivity index (χ1) is 16.8. The van der Waals surface area contributed by atoms with Crippen LogP contribution in [-0.4, -0.2) is 65.9 Å². The summed E-state index contributed by atoms with van der Waals surface area (Å²) < 4.78 is 5.72. The van der Waals surface area contributed by atoms with Gasteiger partial charge in [0.15, 0.2) is 6.61 Å². The van der Waals surface area contributed by atoms with Crippen molar-refractivity contribution in [1.29, 1.82) is 0 Å². The minimum atomic E-state index is -0.0764. The monoisotopic (exact) mass is 480 g/mol. The smallest absolute Gasteiger partial charge is 0.260 e. The number of pyridine rings is 1. The summed E-state index contributed by atoms with van der Waals surface area (Å²) in [6.07, 6.45) is 4.68. The number of carbonyl (C=O) groups excluding carboxylic acids is 2. The molecule has 2 heterocycles. The van der Waals surface area contributed by atoms with Gasteiger partial charge in [-0.3, -0.25) is 14.6 Å². The van der Waals surface area contributed by atoms with Gasteiger partial charge in [-0.1, -0.05) is 45.9 Å². The van der Waals surface area contributed by atoms with E-state index in [2.05, 4.69) is 37.6 Å². The SMILES string of the molecule is CC(C)CC(=O)N1CCCN(CC(C)C)CCN(C(=O)COc2cccnc2)Cc2ccccc21. The number of amides is 2. The molecule has 2 aromatic rings. The Bertz CT molecular complexity index is 948. The number of ether oxygens (including phenoxy) is 1. The molecule has 3 rings (SSSR count). The van der Waals surface area contributed by atoms with E-state index in [9.17, 15) is 9.59 Å². The van der Waals surface area contributed by atoms with Gasteiger partial charge in [0, 0.05) is 51.0 Å². The first-order valence-electron chi connectivity index (χ1n) is 12.7. The number of aromatic nitrogens is 1. The van der Waals surface area contributed by atoms with Gasteiger partial charge < -0.3 is 19.4 Å².